The number of para-hydroxylation sites is 1. The lowest BCUT2D eigenvalue weighted by atomic mass is 10.0. The van der Waals surface area contributed by atoms with Crippen molar-refractivity contribution in [2.24, 2.45) is 0 Å². The van der Waals surface area contributed by atoms with Crippen LogP contribution in [0.3, 0.4) is 0 Å². The summed E-state index contributed by atoms with van der Waals surface area (Å²) in [6.07, 6.45) is 0. The van der Waals surface area contributed by atoms with E-state index in [0.29, 0.717) is 0 Å². The van der Waals surface area contributed by atoms with Gasteiger partial charge in [-0.2, -0.15) is 0 Å². The number of imidazole rings is 1. The van der Waals surface area contributed by atoms with Crippen molar-refractivity contribution >= 4 is 23.3 Å². The number of rotatable bonds is 2. The van der Waals surface area contributed by atoms with E-state index in [4.69, 9.17) is 12.2 Å². The van der Waals surface area contributed by atoms with Crippen LogP contribution in [0.5, 0.6) is 0 Å². The third kappa shape index (κ3) is 2.38. The van der Waals surface area contributed by atoms with E-state index in [0.717, 1.165) is 15.8 Å². The molecule has 1 heterocycles. The van der Waals surface area contributed by atoms with Crippen molar-refractivity contribution in [3.05, 3.63) is 82.6 Å². The molecule has 118 valence electrons. The molecule has 0 bridgehead atoms. The van der Waals surface area contributed by atoms with E-state index < -0.39 is 0 Å². The molecule has 24 heavy (non-hydrogen) atoms. The highest BCUT2D eigenvalue weighted by molar-refractivity contribution is 7.71. The van der Waals surface area contributed by atoms with Crippen molar-refractivity contribution in [2.75, 3.05) is 0 Å². The Hall–Kier alpha value is -2.65. The van der Waals surface area contributed by atoms with Crippen LogP contribution in [-0.2, 0) is 0 Å². The molecule has 0 atom stereocenters. The largest absolute Gasteiger partial charge is 0.330 e. The van der Waals surface area contributed by atoms with E-state index in [1.807, 2.05) is 6.07 Å². The number of aromatic amines is 1. The Bertz CT molecular complexity index is 1070. The lowest BCUT2D eigenvalue weighted by Gasteiger charge is -2.12. The summed E-state index contributed by atoms with van der Waals surface area (Å²) < 4.78 is 2.88. The molecule has 0 saturated carbocycles. The molecule has 3 heteroatoms. The maximum Gasteiger partial charge on any atom is 0.182 e. The van der Waals surface area contributed by atoms with Crippen molar-refractivity contribution in [3.63, 3.8) is 0 Å². The van der Waals surface area contributed by atoms with E-state index in [9.17, 15) is 0 Å². The monoisotopic (exact) mass is 330 g/mol. The Labute approximate surface area is 146 Å². The minimum absolute atomic E-state index is 0.729. The maximum atomic E-state index is 5.62. The lowest BCUT2D eigenvalue weighted by molar-refractivity contribution is 1.03. The number of aromatic nitrogens is 2. The molecule has 2 nitrogen and oxygen atoms in total. The molecule has 0 amide bonds. The van der Waals surface area contributed by atoms with E-state index in [-0.39, 0.29) is 0 Å². The number of benzene rings is 3. The number of nitrogens with one attached hydrogen (secondary N) is 1. The van der Waals surface area contributed by atoms with Crippen LogP contribution in [-0.4, -0.2) is 9.55 Å². The van der Waals surface area contributed by atoms with Crippen LogP contribution in [0.2, 0.25) is 0 Å². The van der Waals surface area contributed by atoms with E-state index in [2.05, 4.69) is 84.1 Å². The molecule has 0 aliphatic carbocycles. The van der Waals surface area contributed by atoms with Crippen molar-refractivity contribution in [1.29, 1.82) is 0 Å². The number of fused-ring (bicyclic) bond motifs is 1. The number of aryl methyl sites for hydroxylation is 2. The molecular formula is C21H18N2S. The van der Waals surface area contributed by atoms with Crippen LogP contribution in [0, 0.1) is 18.6 Å². The summed E-state index contributed by atoms with van der Waals surface area (Å²) in [4.78, 5) is 3.34. The molecule has 0 unspecified atom stereocenters. The molecule has 0 aliphatic rings. The van der Waals surface area contributed by atoms with Gasteiger partial charge in [-0.15, -0.1) is 0 Å². The summed E-state index contributed by atoms with van der Waals surface area (Å²) in [5.74, 6) is 0. The van der Waals surface area contributed by atoms with Gasteiger partial charge >= 0.3 is 0 Å². The van der Waals surface area contributed by atoms with Gasteiger partial charge in [0.2, 0.25) is 0 Å². The molecule has 0 spiro atoms. The lowest BCUT2D eigenvalue weighted by Crippen LogP contribution is -2.00. The third-order valence-electron chi connectivity index (χ3n) is 4.45. The summed E-state index contributed by atoms with van der Waals surface area (Å²) in [5.41, 5.74) is 8.17. The van der Waals surface area contributed by atoms with Crippen LogP contribution >= 0.6 is 12.2 Å². The number of nitrogens with zero attached hydrogens (tertiary/aromatic N) is 1. The van der Waals surface area contributed by atoms with Gasteiger partial charge in [0, 0.05) is 0 Å². The van der Waals surface area contributed by atoms with Gasteiger partial charge in [-0.05, 0) is 60.5 Å². The second-order valence-corrected chi connectivity index (χ2v) is 6.49. The first-order valence-electron chi connectivity index (χ1n) is 8.02. The van der Waals surface area contributed by atoms with Gasteiger partial charge < -0.3 is 4.98 Å². The van der Waals surface area contributed by atoms with Gasteiger partial charge in [0.15, 0.2) is 4.77 Å². The topological polar surface area (TPSA) is 20.7 Å². The summed E-state index contributed by atoms with van der Waals surface area (Å²) in [7, 11) is 0. The first-order chi connectivity index (χ1) is 11.6. The smallest absolute Gasteiger partial charge is 0.182 e. The SMILES string of the molecule is Cc1cccc(C)c1-n1c(=S)[nH]c2ccc(-c3ccccc3)cc21. The molecule has 1 N–H and O–H groups in total. The average Bonchev–Trinajstić information content (AvgIpc) is 2.91. The minimum Gasteiger partial charge on any atom is -0.330 e. The Morgan fingerprint density at radius 3 is 2.21 bits per heavy atom. The van der Waals surface area contributed by atoms with Crippen LogP contribution in [0.4, 0.5) is 0 Å². The molecular weight excluding hydrogens is 312 g/mol. The Balaban J connectivity index is 2.03. The summed E-state index contributed by atoms with van der Waals surface area (Å²) in [6, 6.07) is 23.2. The van der Waals surface area contributed by atoms with Gasteiger partial charge in [0.25, 0.3) is 0 Å². The molecule has 3 aromatic carbocycles. The van der Waals surface area contributed by atoms with E-state index >= 15 is 0 Å². The van der Waals surface area contributed by atoms with Crippen molar-refractivity contribution in [1.82, 2.24) is 9.55 Å². The summed E-state index contributed by atoms with van der Waals surface area (Å²) in [6.45, 7) is 4.26. The van der Waals surface area contributed by atoms with Gasteiger partial charge in [-0.1, -0.05) is 54.6 Å². The average molecular weight is 330 g/mol. The Morgan fingerprint density at radius 1 is 0.792 bits per heavy atom. The first kappa shape index (κ1) is 14.9. The van der Waals surface area contributed by atoms with Gasteiger partial charge in [0.05, 0.1) is 16.7 Å². The second-order valence-electron chi connectivity index (χ2n) is 6.10. The number of hydrogen-bond acceptors (Lipinski definition) is 1. The molecule has 4 rings (SSSR count). The van der Waals surface area contributed by atoms with Gasteiger partial charge in [-0.3, -0.25) is 4.57 Å². The Morgan fingerprint density at radius 2 is 1.50 bits per heavy atom. The summed E-state index contributed by atoms with van der Waals surface area (Å²) in [5, 5.41) is 0. The number of hydrogen-bond donors (Lipinski definition) is 1. The van der Waals surface area contributed by atoms with Crippen molar-refractivity contribution < 1.29 is 0 Å². The van der Waals surface area contributed by atoms with E-state index in [1.165, 1.54) is 27.9 Å². The molecule has 0 saturated heterocycles. The zero-order valence-corrected chi connectivity index (χ0v) is 14.5. The third-order valence-corrected chi connectivity index (χ3v) is 4.74. The molecule has 4 aromatic rings. The minimum atomic E-state index is 0.729. The molecule has 0 fully saturated rings. The van der Waals surface area contributed by atoms with E-state index in [1.54, 1.807) is 0 Å². The first-order valence-corrected chi connectivity index (χ1v) is 8.43. The Kier molecular flexibility index (Phi) is 3.58. The molecule has 0 aliphatic heterocycles. The maximum absolute atomic E-state index is 5.62. The zero-order chi connectivity index (χ0) is 16.7. The molecule has 0 radical (unpaired) electrons. The fraction of sp³-hybridized carbons (Fsp3) is 0.0952. The highest BCUT2D eigenvalue weighted by Gasteiger charge is 2.12. The highest BCUT2D eigenvalue weighted by Crippen LogP contribution is 2.28. The number of H-pyrrole nitrogens is 1. The summed E-state index contributed by atoms with van der Waals surface area (Å²) >= 11 is 5.62. The highest BCUT2D eigenvalue weighted by atomic mass is 32.1. The predicted molar refractivity (Wildman–Crippen MR) is 103 cm³/mol. The molecule has 1 aromatic heterocycles. The quantitative estimate of drug-likeness (QED) is 0.449. The van der Waals surface area contributed by atoms with Crippen LogP contribution in [0.1, 0.15) is 11.1 Å². The van der Waals surface area contributed by atoms with Gasteiger partial charge in [-0.25, -0.2) is 0 Å². The predicted octanol–water partition coefficient (Wildman–Crippen LogP) is 5.97. The fourth-order valence-corrected chi connectivity index (χ4v) is 3.59. The van der Waals surface area contributed by atoms with Crippen molar-refractivity contribution in [3.8, 4) is 16.8 Å². The van der Waals surface area contributed by atoms with Crippen LogP contribution in [0.15, 0.2) is 66.7 Å². The zero-order valence-electron chi connectivity index (χ0n) is 13.7. The second kappa shape index (κ2) is 5.77. The van der Waals surface area contributed by atoms with Crippen LogP contribution < -0.4 is 0 Å². The van der Waals surface area contributed by atoms with Crippen LogP contribution in [0.25, 0.3) is 27.8 Å². The fourth-order valence-electron chi connectivity index (χ4n) is 3.29. The normalized spacial score (nSPS) is 11.1. The van der Waals surface area contributed by atoms with Gasteiger partial charge in [0.1, 0.15) is 0 Å². The standard InChI is InChI=1S/C21H18N2S/c1-14-7-6-8-15(2)20(14)23-19-13-17(16-9-4-3-5-10-16)11-12-18(19)22-21(23)24/h3-13H,1-2H3,(H,22,24). The van der Waals surface area contributed by atoms with Crippen molar-refractivity contribution in [2.45, 2.75) is 13.8 Å².